The second kappa shape index (κ2) is 3.89. The standard InChI is InChI=1S/C9H10O4/c10-8(11)7(9(12)13)6-4-2-1-3-5-6/h2,4H,1,3,5H2,(H,10,11)(H,12,13). The fraction of sp³-hybridized carbons (Fsp3) is 0.333. The van der Waals surface area contributed by atoms with Gasteiger partial charge in [0, 0.05) is 0 Å². The van der Waals surface area contributed by atoms with Crippen LogP contribution in [-0.2, 0) is 9.59 Å². The lowest BCUT2D eigenvalue weighted by Gasteiger charge is -2.08. The highest BCUT2D eigenvalue weighted by molar-refractivity contribution is 6.13. The maximum Gasteiger partial charge on any atom is 0.343 e. The molecule has 1 aliphatic rings. The van der Waals surface area contributed by atoms with Gasteiger partial charge in [0.2, 0.25) is 0 Å². The molecule has 4 heteroatoms. The summed E-state index contributed by atoms with van der Waals surface area (Å²) in [6, 6.07) is 0. The van der Waals surface area contributed by atoms with E-state index in [1.54, 1.807) is 12.2 Å². The highest BCUT2D eigenvalue weighted by Crippen LogP contribution is 2.20. The Morgan fingerprint density at radius 1 is 1.23 bits per heavy atom. The van der Waals surface area contributed by atoms with Crippen molar-refractivity contribution in [3.8, 4) is 0 Å². The molecule has 0 aromatic rings. The largest absolute Gasteiger partial charge is 0.477 e. The Balaban J connectivity index is 3.08. The second-order valence-electron chi connectivity index (χ2n) is 2.81. The van der Waals surface area contributed by atoms with Crippen LogP contribution in [0.15, 0.2) is 23.3 Å². The molecule has 1 aliphatic carbocycles. The minimum atomic E-state index is -1.37. The van der Waals surface area contributed by atoms with Crippen LogP contribution in [-0.4, -0.2) is 22.2 Å². The molecule has 0 aromatic heterocycles. The van der Waals surface area contributed by atoms with Crippen LogP contribution in [0, 0.1) is 0 Å². The summed E-state index contributed by atoms with van der Waals surface area (Å²) < 4.78 is 0. The average Bonchev–Trinajstić information content (AvgIpc) is 2.04. The molecule has 0 atom stereocenters. The summed E-state index contributed by atoms with van der Waals surface area (Å²) in [5.41, 5.74) is -0.0952. The summed E-state index contributed by atoms with van der Waals surface area (Å²) in [7, 11) is 0. The van der Waals surface area contributed by atoms with Crippen molar-refractivity contribution in [3.63, 3.8) is 0 Å². The van der Waals surface area contributed by atoms with Crippen molar-refractivity contribution in [1.82, 2.24) is 0 Å². The molecular weight excluding hydrogens is 172 g/mol. The quantitative estimate of drug-likeness (QED) is 0.382. The van der Waals surface area contributed by atoms with Gasteiger partial charge in [-0.2, -0.15) is 0 Å². The number of carboxylic acids is 2. The molecule has 1 rings (SSSR count). The Kier molecular flexibility index (Phi) is 2.84. The molecule has 0 bridgehead atoms. The third-order valence-electron chi connectivity index (χ3n) is 1.88. The van der Waals surface area contributed by atoms with Gasteiger partial charge in [-0.15, -0.1) is 0 Å². The molecule has 0 aromatic carbocycles. The molecular formula is C9H10O4. The normalized spacial score (nSPS) is 15.5. The summed E-state index contributed by atoms with van der Waals surface area (Å²) in [5, 5.41) is 17.2. The van der Waals surface area contributed by atoms with Crippen molar-refractivity contribution in [3.05, 3.63) is 23.3 Å². The van der Waals surface area contributed by atoms with E-state index in [0.717, 1.165) is 12.8 Å². The van der Waals surface area contributed by atoms with Crippen molar-refractivity contribution in [2.24, 2.45) is 0 Å². The van der Waals surface area contributed by atoms with E-state index >= 15 is 0 Å². The van der Waals surface area contributed by atoms with E-state index in [2.05, 4.69) is 0 Å². The molecule has 0 amide bonds. The number of allylic oxidation sites excluding steroid dienone is 3. The smallest absolute Gasteiger partial charge is 0.343 e. The molecule has 2 N–H and O–H groups in total. The molecule has 0 saturated heterocycles. The number of carboxylic acid groups (broad SMARTS) is 2. The van der Waals surface area contributed by atoms with Gasteiger partial charge in [-0.05, 0) is 24.8 Å². The fourth-order valence-electron chi connectivity index (χ4n) is 1.29. The van der Waals surface area contributed by atoms with Gasteiger partial charge in [0.25, 0.3) is 0 Å². The van der Waals surface area contributed by atoms with Gasteiger partial charge in [0.05, 0.1) is 0 Å². The topological polar surface area (TPSA) is 74.6 Å². The van der Waals surface area contributed by atoms with Gasteiger partial charge in [-0.1, -0.05) is 12.2 Å². The number of aliphatic carboxylic acids is 2. The molecule has 0 aliphatic heterocycles. The predicted octanol–water partition coefficient (Wildman–Crippen LogP) is 1.19. The first-order chi connectivity index (χ1) is 6.13. The molecule has 0 unspecified atom stereocenters. The van der Waals surface area contributed by atoms with Crippen LogP contribution in [0.25, 0.3) is 0 Å². The molecule has 0 fully saturated rings. The zero-order chi connectivity index (χ0) is 9.84. The summed E-state index contributed by atoms with van der Waals surface area (Å²) in [6.45, 7) is 0. The molecule has 0 heterocycles. The van der Waals surface area contributed by atoms with E-state index in [9.17, 15) is 9.59 Å². The number of hydrogen-bond acceptors (Lipinski definition) is 2. The number of hydrogen-bond donors (Lipinski definition) is 2. The van der Waals surface area contributed by atoms with Crippen molar-refractivity contribution in [2.45, 2.75) is 19.3 Å². The minimum Gasteiger partial charge on any atom is -0.477 e. The Morgan fingerprint density at radius 3 is 2.23 bits per heavy atom. The van der Waals surface area contributed by atoms with Crippen LogP contribution in [0.1, 0.15) is 19.3 Å². The maximum atomic E-state index is 10.6. The predicted molar refractivity (Wildman–Crippen MR) is 45.3 cm³/mol. The van der Waals surface area contributed by atoms with Gasteiger partial charge in [0.1, 0.15) is 5.57 Å². The van der Waals surface area contributed by atoms with Crippen LogP contribution in [0.2, 0.25) is 0 Å². The Morgan fingerprint density at radius 2 is 1.85 bits per heavy atom. The van der Waals surface area contributed by atoms with E-state index in [4.69, 9.17) is 10.2 Å². The summed E-state index contributed by atoms with van der Waals surface area (Å²) in [4.78, 5) is 21.1. The molecule has 0 saturated carbocycles. The first-order valence-electron chi connectivity index (χ1n) is 3.99. The van der Waals surface area contributed by atoms with Gasteiger partial charge < -0.3 is 10.2 Å². The van der Waals surface area contributed by atoms with Gasteiger partial charge >= 0.3 is 11.9 Å². The zero-order valence-electron chi connectivity index (χ0n) is 6.99. The lowest BCUT2D eigenvalue weighted by atomic mass is 9.97. The van der Waals surface area contributed by atoms with Crippen molar-refractivity contribution in [2.75, 3.05) is 0 Å². The first-order valence-corrected chi connectivity index (χ1v) is 3.99. The summed E-state index contributed by atoms with van der Waals surface area (Å²) in [6.07, 6.45) is 5.61. The minimum absolute atomic E-state index is 0.409. The monoisotopic (exact) mass is 182 g/mol. The zero-order valence-corrected chi connectivity index (χ0v) is 6.99. The van der Waals surface area contributed by atoms with E-state index < -0.39 is 17.5 Å². The molecule has 0 radical (unpaired) electrons. The fourth-order valence-corrected chi connectivity index (χ4v) is 1.29. The Bertz CT molecular complexity index is 283. The van der Waals surface area contributed by atoms with Crippen molar-refractivity contribution in [1.29, 1.82) is 0 Å². The Hall–Kier alpha value is -1.58. The van der Waals surface area contributed by atoms with Gasteiger partial charge in [0.15, 0.2) is 0 Å². The third kappa shape index (κ3) is 2.18. The number of carbonyl (C=O) groups is 2. The summed E-state index contributed by atoms with van der Waals surface area (Å²) in [5.74, 6) is -2.73. The molecule has 0 spiro atoms. The first kappa shape index (κ1) is 9.51. The van der Waals surface area contributed by atoms with E-state index in [0.29, 0.717) is 12.0 Å². The van der Waals surface area contributed by atoms with Crippen LogP contribution < -0.4 is 0 Å². The van der Waals surface area contributed by atoms with Crippen molar-refractivity contribution < 1.29 is 19.8 Å². The Labute approximate surface area is 75.2 Å². The lowest BCUT2D eigenvalue weighted by molar-refractivity contribution is -0.140. The lowest BCUT2D eigenvalue weighted by Crippen LogP contribution is -2.14. The number of rotatable bonds is 2. The molecule has 4 nitrogen and oxygen atoms in total. The maximum absolute atomic E-state index is 10.6. The second-order valence-corrected chi connectivity index (χ2v) is 2.81. The average molecular weight is 182 g/mol. The van der Waals surface area contributed by atoms with E-state index in [1.165, 1.54) is 0 Å². The molecule has 70 valence electrons. The van der Waals surface area contributed by atoms with E-state index in [-0.39, 0.29) is 0 Å². The van der Waals surface area contributed by atoms with E-state index in [1.807, 2.05) is 0 Å². The van der Waals surface area contributed by atoms with Crippen LogP contribution in [0.4, 0.5) is 0 Å². The highest BCUT2D eigenvalue weighted by atomic mass is 16.4. The van der Waals surface area contributed by atoms with Crippen LogP contribution in [0.5, 0.6) is 0 Å². The summed E-state index contributed by atoms with van der Waals surface area (Å²) >= 11 is 0. The van der Waals surface area contributed by atoms with Crippen molar-refractivity contribution >= 4 is 11.9 Å². The van der Waals surface area contributed by atoms with Crippen LogP contribution >= 0.6 is 0 Å². The van der Waals surface area contributed by atoms with Crippen LogP contribution in [0.3, 0.4) is 0 Å². The molecule has 13 heavy (non-hydrogen) atoms. The SMILES string of the molecule is O=C(O)C(C(=O)O)=C1C=CCCC1. The van der Waals surface area contributed by atoms with Gasteiger partial charge in [-0.25, -0.2) is 9.59 Å². The van der Waals surface area contributed by atoms with Gasteiger partial charge in [-0.3, -0.25) is 0 Å². The third-order valence-corrected chi connectivity index (χ3v) is 1.88. The highest BCUT2D eigenvalue weighted by Gasteiger charge is 2.20.